The molecule has 0 aromatic rings. The topological polar surface area (TPSA) is 26.0 Å². The zero-order valence-electron chi connectivity index (χ0n) is 4.58. The molecule has 1 nitrogen and oxygen atoms in total. The van der Waals surface area contributed by atoms with E-state index in [1.54, 1.807) is 0 Å². The molecule has 0 aromatic carbocycles. The third kappa shape index (κ3) is 139. The Morgan fingerprint density at radius 2 is 1.17 bits per heavy atom. The van der Waals surface area contributed by atoms with E-state index in [0.29, 0.717) is 0 Å². The van der Waals surface area contributed by atoms with Crippen molar-refractivity contribution in [3.8, 4) is 0 Å². The average Bonchev–Trinajstić information content (AvgIpc) is 0.722. The normalized spacial score (nSPS) is 10.0. The fraction of sp³-hybridized carbons (Fsp3) is 1.00. The first-order valence-corrected chi connectivity index (χ1v) is 1.79. The minimum atomic E-state index is 0. The van der Waals surface area contributed by atoms with Crippen LogP contribution in [0.25, 0.3) is 0 Å². The van der Waals surface area contributed by atoms with Crippen molar-refractivity contribution in [2.75, 3.05) is 0 Å². The van der Waals surface area contributed by atoms with Gasteiger partial charge >= 0.3 is 0 Å². The molecule has 0 aliphatic rings. The first-order chi connectivity index (χ1) is 2.00. The summed E-state index contributed by atoms with van der Waals surface area (Å²) in [6.45, 7) is 5.90. The minimum Gasteiger partial charge on any atom is -0.326 e. The van der Waals surface area contributed by atoms with Crippen molar-refractivity contribution in [1.29, 1.82) is 0 Å². The van der Waals surface area contributed by atoms with E-state index in [9.17, 15) is 0 Å². The molecule has 0 aliphatic heterocycles. The van der Waals surface area contributed by atoms with Gasteiger partial charge in [-0.05, 0) is 20.8 Å². The molecule has 0 rings (SSSR count). The van der Waals surface area contributed by atoms with Crippen LogP contribution in [0, 0.1) is 0 Å². The molecular formula is C4H11NTi. The Hall–Kier alpha value is 0.674. The molecule has 0 radical (unpaired) electrons. The molecule has 0 fully saturated rings. The van der Waals surface area contributed by atoms with E-state index in [0.717, 1.165) is 0 Å². The van der Waals surface area contributed by atoms with Crippen molar-refractivity contribution < 1.29 is 21.7 Å². The Labute approximate surface area is 54.2 Å². The van der Waals surface area contributed by atoms with Gasteiger partial charge in [-0.15, -0.1) is 0 Å². The third-order valence-corrected chi connectivity index (χ3v) is 0. The van der Waals surface area contributed by atoms with E-state index in [4.69, 9.17) is 5.73 Å². The van der Waals surface area contributed by atoms with Crippen LogP contribution in [0.2, 0.25) is 0 Å². The summed E-state index contributed by atoms with van der Waals surface area (Å²) in [6, 6.07) is 0. The van der Waals surface area contributed by atoms with Crippen LogP contribution in [0.4, 0.5) is 0 Å². The molecule has 0 aromatic heterocycles. The van der Waals surface area contributed by atoms with E-state index in [1.807, 2.05) is 20.8 Å². The molecule has 0 aliphatic carbocycles. The predicted molar refractivity (Wildman–Crippen MR) is 23.9 cm³/mol. The molecule has 0 amide bonds. The van der Waals surface area contributed by atoms with E-state index < -0.39 is 0 Å². The molecule has 0 atom stereocenters. The van der Waals surface area contributed by atoms with Gasteiger partial charge in [-0.3, -0.25) is 0 Å². The summed E-state index contributed by atoms with van der Waals surface area (Å²) in [5, 5.41) is 0. The predicted octanol–water partition coefficient (Wildman–Crippen LogP) is 0.741. The molecule has 6 heavy (non-hydrogen) atoms. The smallest absolute Gasteiger partial charge is 0.00686 e. The number of nitrogens with two attached hydrogens (primary N) is 1. The van der Waals surface area contributed by atoms with Gasteiger partial charge in [0.15, 0.2) is 0 Å². The second kappa shape index (κ2) is 2.78. The Morgan fingerprint density at radius 3 is 1.17 bits per heavy atom. The van der Waals surface area contributed by atoms with Gasteiger partial charge in [0.25, 0.3) is 0 Å². The van der Waals surface area contributed by atoms with E-state index in [2.05, 4.69) is 0 Å². The average molecular weight is 121 g/mol. The summed E-state index contributed by atoms with van der Waals surface area (Å²) in [7, 11) is 0. The summed E-state index contributed by atoms with van der Waals surface area (Å²) < 4.78 is 0. The fourth-order valence-corrected chi connectivity index (χ4v) is 0. The Balaban J connectivity index is 0. The SMILES string of the molecule is CC(C)(C)N.[Ti]. The van der Waals surface area contributed by atoms with Gasteiger partial charge in [-0.25, -0.2) is 0 Å². The molecule has 36 valence electrons. The molecule has 0 heterocycles. The van der Waals surface area contributed by atoms with Crippen LogP contribution in [0.3, 0.4) is 0 Å². The summed E-state index contributed by atoms with van der Waals surface area (Å²) in [5.74, 6) is 0. The minimum absolute atomic E-state index is 0. The quantitative estimate of drug-likeness (QED) is 0.470. The molecule has 0 unspecified atom stereocenters. The zero-order chi connectivity index (χ0) is 4.50. The largest absolute Gasteiger partial charge is 0.326 e. The summed E-state index contributed by atoms with van der Waals surface area (Å²) in [5.41, 5.74) is 5.35. The van der Waals surface area contributed by atoms with Gasteiger partial charge in [0.1, 0.15) is 0 Å². The molecular weight excluding hydrogens is 110 g/mol. The second-order valence-electron chi connectivity index (χ2n) is 2.37. The summed E-state index contributed by atoms with van der Waals surface area (Å²) in [4.78, 5) is 0. The number of hydrogen-bond donors (Lipinski definition) is 1. The molecule has 2 N–H and O–H groups in total. The van der Waals surface area contributed by atoms with Crippen LogP contribution in [0.15, 0.2) is 0 Å². The molecule has 0 spiro atoms. The maximum atomic E-state index is 5.35. The molecule has 0 saturated carbocycles. The second-order valence-corrected chi connectivity index (χ2v) is 2.37. The number of rotatable bonds is 0. The van der Waals surface area contributed by atoms with Gasteiger partial charge in [0, 0.05) is 27.3 Å². The van der Waals surface area contributed by atoms with Crippen molar-refractivity contribution in [2.24, 2.45) is 5.73 Å². The molecule has 0 bridgehead atoms. The van der Waals surface area contributed by atoms with Crippen LogP contribution in [0.1, 0.15) is 20.8 Å². The van der Waals surface area contributed by atoms with Crippen LogP contribution < -0.4 is 5.73 Å². The van der Waals surface area contributed by atoms with Crippen molar-refractivity contribution in [2.45, 2.75) is 26.3 Å². The van der Waals surface area contributed by atoms with Crippen LogP contribution >= 0.6 is 0 Å². The molecule has 2 heteroatoms. The van der Waals surface area contributed by atoms with Gasteiger partial charge in [-0.1, -0.05) is 0 Å². The van der Waals surface area contributed by atoms with Crippen molar-refractivity contribution in [3.63, 3.8) is 0 Å². The van der Waals surface area contributed by atoms with E-state index in [-0.39, 0.29) is 27.3 Å². The Morgan fingerprint density at radius 1 is 1.17 bits per heavy atom. The Bertz CT molecular complexity index is 23.0. The van der Waals surface area contributed by atoms with Crippen molar-refractivity contribution in [3.05, 3.63) is 0 Å². The maximum absolute atomic E-state index is 5.35. The van der Waals surface area contributed by atoms with Crippen molar-refractivity contribution >= 4 is 0 Å². The van der Waals surface area contributed by atoms with E-state index >= 15 is 0 Å². The van der Waals surface area contributed by atoms with Crippen LogP contribution in [0.5, 0.6) is 0 Å². The third-order valence-electron chi connectivity index (χ3n) is 0. The monoisotopic (exact) mass is 121 g/mol. The van der Waals surface area contributed by atoms with E-state index in [1.165, 1.54) is 0 Å². The van der Waals surface area contributed by atoms with Crippen LogP contribution in [-0.2, 0) is 21.7 Å². The maximum Gasteiger partial charge on any atom is 0.00686 e. The first kappa shape index (κ1) is 9.84. The van der Waals surface area contributed by atoms with Gasteiger partial charge in [0.2, 0.25) is 0 Å². The van der Waals surface area contributed by atoms with Gasteiger partial charge in [0.05, 0.1) is 0 Å². The molecule has 0 saturated heterocycles. The zero-order valence-corrected chi connectivity index (χ0v) is 6.14. The fourth-order valence-electron chi connectivity index (χ4n) is 0. The van der Waals surface area contributed by atoms with Crippen molar-refractivity contribution in [1.82, 2.24) is 0 Å². The summed E-state index contributed by atoms with van der Waals surface area (Å²) >= 11 is 0. The number of hydrogen-bond acceptors (Lipinski definition) is 1. The Kier molecular flexibility index (Phi) is 4.56. The standard InChI is InChI=1S/C4H11N.Ti/c1-4(2,3)5;/h5H2,1-3H3;. The first-order valence-electron chi connectivity index (χ1n) is 1.79. The summed E-state index contributed by atoms with van der Waals surface area (Å²) in [6.07, 6.45) is 0. The van der Waals surface area contributed by atoms with Gasteiger partial charge < -0.3 is 5.73 Å². The van der Waals surface area contributed by atoms with Crippen LogP contribution in [-0.4, -0.2) is 5.54 Å². The van der Waals surface area contributed by atoms with Gasteiger partial charge in [-0.2, -0.15) is 0 Å².